The SMILES string of the molecule is N#CCCN(C(=O)COC(=O)c1c2c(nc3ccccc13)/C(=C/c1ccco1)CC2)c1ccccc1F. The Morgan fingerprint density at radius 3 is 2.70 bits per heavy atom. The Balaban J connectivity index is 1.44. The number of rotatable bonds is 7. The van der Waals surface area contributed by atoms with Crippen LogP contribution >= 0.6 is 0 Å². The summed E-state index contributed by atoms with van der Waals surface area (Å²) in [5.41, 5.74) is 3.43. The van der Waals surface area contributed by atoms with Crippen LogP contribution in [0, 0.1) is 17.1 Å². The van der Waals surface area contributed by atoms with E-state index >= 15 is 0 Å². The zero-order valence-electron chi connectivity index (χ0n) is 19.8. The quantitative estimate of drug-likeness (QED) is 0.312. The number of ether oxygens (including phenoxy) is 1. The normalized spacial score (nSPS) is 13.4. The molecule has 7 nitrogen and oxygen atoms in total. The van der Waals surface area contributed by atoms with Gasteiger partial charge < -0.3 is 14.1 Å². The number of anilines is 1. The van der Waals surface area contributed by atoms with E-state index in [2.05, 4.69) is 0 Å². The molecular weight excluding hydrogens is 473 g/mol. The molecule has 0 atom stereocenters. The summed E-state index contributed by atoms with van der Waals surface area (Å²) >= 11 is 0. The van der Waals surface area contributed by atoms with Crippen molar-refractivity contribution in [2.45, 2.75) is 19.3 Å². The number of hydrogen-bond donors (Lipinski definition) is 0. The zero-order chi connectivity index (χ0) is 25.8. The maximum absolute atomic E-state index is 14.4. The van der Waals surface area contributed by atoms with E-state index < -0.39 is 24.3 Å². The first kappa shape index (κ1) is 23.9. The number of furan rings is 1. The topological polar surface area (TPSA) is 96.4 Å². The van der Waals surface area contributed by atoms with Gasteiger partial charge in [-0.2, -0.15) is 5.26 Å². The van der Waals surface area contributed by atoms with E-state index in [0.29, 0.717) is 40.8 Å². The molecule has 0 saturated heterocycles. The number of carbonyl (C=O) groups excluding carboxylic acids is 2. The molecule has 2 heterocycles. The third kappa shape index (κ3) is 4.84. The number of nitrogens with zero attached hydrogens (tertiary/aromatic N) is 3. The van der Waals surface area contributed by atoms with Crippen LogP contribution in [0.1, 0.15) is 40.2 Å². The molecule has 8 heteroatoms. The average Bonchev–Trinajstić information content (AvgIpc) is 3.57. The van der Waals surface area contributed by atoms with Gasteiger partial charge in [-0.3, -0.25) is 4.79 Å². The van der Waals surface area contributed by atoms with Crippen molar-refractivity contribution in [3.8, 4) is 6.07 Å². The van der Waals surface area contributed by atoms with Crippen molar-refractivity contribution in [2.24, 2.45) is 0 Å². The van der Waals surface area contributed by atoms with Gasteiger partial charge in [0, 0.05) is 11.9 Å². The lowest BCUT2D eigenvalue weighted by atomic mass is 10.0. The first-order chi connectivity index (χ1) is 18.1. The Morgan fingerprint density at radius 2 is 1.92 bits per heavy atom. The second-order valence-electron chi connectivity index (χ2n) is 8.50. The predicted octanol–water partition coefficient (Wildman–Crippen LogP) is 5.56. The number of halogens is 1. The highest BCUT2D eigenvalue weighted by Crippen LogP contribution is 2.37. The van der Waals surface area contributed by atoms with E-state index in [1.165, 1.54) is 18.2 Å². The van der Waals surface area contributed by atoms with Gasteiger partial charge in [-0.15, -0.1) is 0 Å². The minimum Gasteiger partial charge on any atom is -0.465 e. The fourth-order valence-electron chi connectivity index (χ4n) is 4.55. The highest BCUT2D eigenvalue weighted by Gasteiger charge is 2.29. The molecule has 37 heavy (non-hydrogen) atoms. The van der Waals surface area contributed by atoms with Crippen molar-refractivity contribution in [3.05, 3.63) is 95.3 Å². The number of hydrogen-bond acceptors (Lipinski definition) is 6. The Morgan fingerprint density at radius 1 is 1.11 bits per heavy atom. The van der Waals surface area contributed by atoms with Gasteiger partial charge >= 0.3 is 5.97 Å². The molecule has 0 radical (unpaired) electrons. The number of pyridine rings is 1. The maximum atomic E-state index is 14.4. The van der Waals surface area contributed by atoms with Crippen LogP contribution in [0.3, 0.4) is 0 Å². The van der Waals surface area contributed by atoms with E-state index in [0.717, 1.165) is 16.0 Å². The lowest BCUT2D eigenvalue weighted by Crippen LogP contribution is -2.36. The molecule has 2 aromatic heterocycles. The maximum Gasteiger partial charge on any atom is 0.339 e. The standard InChI is InChI=1S/C29H22FN3O4/c30-23-9-2-4-11-25(23)33(15-6-14-31)26(34)18-37-29(35)27-21-8-1-3-10-24(21)32-28-19(12-13-22(27)28)17-20-7-5-16-36-20/h1-5,7-11,16-17H,6,12-13,15,18H2/b19-17+. The van der Waals surface area contributed by atoms with Gasteiger partial charge in [0.15, 0.2) is 6.61 Å². The molecule has 0 saturated carbocycles. The van der Waals surface area contributed by atoms with Crippen molar-refractivity contribution in [2.75, 3.05) is 18.1 Å². The molecule has 0 spiro atoms. The van der Waals surface area contributed by atoms with Gasteiger partial charge in [0.25, 0.3) is 5.91 Å². The number of nitriles is 1. The number of fused-ring (bicyclic) bond motifs is 2. The number of aromatic nitrogens is 1. The Hall–Kier alpha value is -4.77. The second-order valence-corrected chi connectivity index (χ2v) is 8.50. The summed E-state index contributed by atoms with van der Waals surface area (Å²) in [6.07, 6.45) is 4.77. The summed E-state index contributed by atoms with van der Waals surface area (Å²) in [4.78, 5) is 32.3. The van der Waals surface area contributed by atoms with Crippen LogP contribution in [0.15, 0.2) is 71.3 Å². The molecular formula is C29H22FN3O4. The van der Waals surface area contributed by atoms with E-state index in [9.17, 15) is 14.0 Å². The van der Waals surface area contributed by atoms with Crippen LogP contribution in [0.2, 0.25) is 0 Å². The van der Waals surface area contributed by atoms with Gasteiger partial charge in [0.2, 0.25) is 0 Å². The number of para-hydroxylation sites is 2. The fourth-order valence-corrected chi connectivity index (χ4v) is 4.55. The summed E-state index contributed by atoms with van der Waals surface area (Å²) in [7, 11) is 0. The molecule has 0 bridgehead atoms. The van der Waals surface area contributed by atoms with Crippen molar-refractivity contribution in [1.29, 1.82) is 5.26 Å². The number of benzene rings is 2. The molecule has 1 aliphatic rings. The molecule has 0 unspecified atom stereocenters. The molecule has 1 amide bonds. The molecule has 0 fully saturated rings. The van der Waals surface area contributed by atoms with Gasteiger partial charge in [0.1, 0.15) is 11.6 Å². The van der Waals surface area contributed by atoms with Crippen molar-refractivity contribution >= 4 is 40.1 Å². The zero-order valence-corrected chi connectivity index (χ0v) is 19.8. The van der Waals surface area contributed by atoms with Gasteiger partial charge in [-0.1, -0.05) is 30.3 Å². The van der Waals surface area contributed by atoms with Crippen LogP contribution in [-0.2, 0) is 16.0 Å². The van der Waals surface area contributed by atoms with E-state index in [1.807, 2.05) is 36.4 Å². The Labute approximate surface area is 212 Å². The largest absolute Gasteiger partial charge is 0.465 e. The second kappa shape index (κ2) is 10.5. The van der Waals surface area contributed by atoms with Crippen LogP contribution < -0.4 is 4.90 Å². The molecule has 4 aromatic rings. The Bertz CT molecular complexity index is 1550. The molecule has 5 rings (SSSR count). The highest BCUT2D eigenvalue weighted by molar-refractivity contribution is 6.08. The molecule has 0 N–H and O–H groups in total. The minimum atomic E-state index is -0.656. The fraction of sp³-hybridized carbons (Fsp3) is 0.172. The Kier molecular flexibility index (Phi) is 6.77. The van der Waals surface area contributed by atoms with Crippen molar-refractivity contribution in [3.63, 3.8) is 0 Å². The predicted molar refractivity (Wildman–Crippen MR) is 136 cm³/mol. The monoisotopic (exact) mass is 495 g/mol. The number of allylic oxidation sites excluding steroid dienone is 1. The summed E-state index contributed by atoms with van der Waals surface area (Å²) in [5.74, 6) is -1.19. The lowest BCUT2D eigenvalue weighted by molar-refractivity contribution is -0.121. The van der Waals surface area contributed by atoms with Gasteiger partial charge in [-0.05, 0) is 60.4 Å². The van der Waals surface area contributed by atoms with Crippen LogP contribution in [0.4, 0.5) is 10.1 Å². The van der Waals surface area contributed by atoms with Crippen molar-refractivity contribution < 1.29 is 23.1 Å². The molecule has 2 aromatic carbocycles. The van der Waals surface area contributed by atoms with Crippen LogP contribution in [0.5, 0.6) is 0 Å². The number of esters is 1. The highest BCUT2D eigenvalue weighted by atomic mass is 19.1. The molecule has 0 aliphatic heterocycles. The first-order valence-corrected chi connectivity index (χ1v) is 11.8. The number of amides is 1. The van der Waals surface area contributed by atoms with Gasteiger partial charge in [-0.25, -0.2) is 14.2 Å². The van der Waals surface area contributed by atoms with E-state index in [1.54, 1.807) is 24.5 Å². The average molecular weight is 496 g/mol. The summed E-state index contributed by atoms with van der Waals surface area (Å²) in [6.45, 7) is -0.624. The van der Waals surface area contributed by atoms with E-state index in [-0.39, 0.29) is 18.7 Å². The smallest absolute Gasteiger partial charge is 0.339 e. The van der Waals surface area contributed by atoms with Crippen LogP contribution in [-0.4, -0.2) is 30.0 Å². The third-order valence-electron chi connectivity index (χ3n) is 6.22. The van der Waals surface area contributed by atoms with E-state index in [4.69, 9.17) is 19.4 Å². The summed E-state index contributed by atoms with van der Waals surface area (Å²) < 4.78 is 25.3. The van der Waals surface area contributed by atoms with Crippen molar-refractivity contribution in [1.82, 2.24) is 4.98 Å². The van der Waals surface area contributed by atoms with Gasteiger partial charge in [0.05, 0.1) is 41.2 Å². The number of carbonyl (C=O) groups is 2. The summed E-state index contributed by atoms with van der Waals surface area (Å²) in [5, 5.41) is 9.62. The summed E-state index contributed by atoms with van der Waals surface area (Å²) in [6, 6.07) is 18.7. The molecule has 1 aliphatic carbocycles. The first-order valence-electron chi connectivity index (χ1n) is 11.8. The minimum absolute atomic E-state index is 0.00129. The third-order valence-corrected chi connectivity index (χ3v) is 6.22. The van der Waals surface area contributed by atoms with Crippen LogP contribution in [0.25, 0.3) is 22.6 Å². The molecule has 184 valence electrons. The lowest BCUT2D eigenvalue weighted by Gasteiger charge is -2.22.